The number of hydrogen-bond acceptors (Lipinski definition) is 6. The standard InChI is InChI=1S/C19H29N3O5S/c1-26-14-13-21-10-7-18(19(21)23)20-8-4-9-22(12-11-20)28(24,25)17-6-3-5-16(15-17)27-2/h3,5-6,15,18H,4,7-14H2,1-2H3/t18-/m0/s1. The highest BCUT2D eigenvalue weighted by Crippen LogP contribution is 2.24. The predicted molar refractivity (Wildman–Crippen MR) is 105 cm³/mol. The Morgan fingerprint density at radius 2 is 1.93 bits per heavy atom. The van der Waals surface area contributed by atoms with Crippen molar-refractivity contribution in [3.05, 3.63) is 24.3 Å². The molecule has 2 saturated heterocycles. The third-order valence-corrected chi connectivity index (χ3v) is 7.34. The van der Waals surface area contributed by atoms with Gasteiger partial charge in [-0.2, -0.15) is 4.31 Å². The van der Waals surface area contributed by atoms with Crippen LogP contribution in [-0.2, 0) is 19.6 Å². The Morgan fingerprint density at radius 1 is 1.11 bits per heavy atom. The molecule has 1 aromatic rings. The van der Waals surface area contributed by atoms with E-state index in [0.29, 0.717) is 45.0 Å². The van der Waals surface area contributed by atoms with Crippen LogP contribution in [0.25, 0.3) is 0 Å². The molecule has 0 radical (unpaired) electrons. The van der Waals surface area contributed by atoms with Gasteiger partial charge in [0, 0.05) is 52.4 Å². The number of nitrogens with zero attached hydrogens (tertiary/aromatic N) is 3. The quantitative estimate of drug-likeness (QED) is 0.655. The van der Waals surface area contributed by atoms with E-state index in [1.807, 2.05) is 4.90 Å². The normalized spacial score (nSPS) is 22.4. The molecule has 2 aliphatic rings. The zero-order chi connectivity index (χ0) is 20.1. The minimum atomic E-state index is -3.59. The number of benzene rings is 1. The third kappa shape index (κ3) is 4.48. The van der Waals surface area contributed by atoms with Crippen LogP contribution in [-0.4, -0.2) is 94.6 Å². The number of carbonyl (C=O) groups is 1. The number of ether oxygens (including phenoxy) is 2. The van der Waals surface area contributed by atoms with Gasteiger partial charge in [-0.15, -0.1) is 0 Å². The van der Waals surface area contributed by atoms with Gasteiger partial charge < -0.3 is 14.4 Å². The van der Waals surface area contributed by atoms with E-state index in [-0.39, 0.29) is 16.8 Å². The lowest BCUT2D eigenvalue weighted by molar-refractivity contribution is -0.132. The molecule has 28 heavy (non-hydrogen) atoms. The fourth-order valence-corrected chi connectivity index (χ4v) is 5.37. The summed E-state index contributed by atoms with van der Waals surface area (Å²) in [5.74, 6) is 0.645. The molecular weight excluding hydrogens is 382 g/mol. The molecule has 1 aromatic carbocycles. The second-order valence-corrected chi connectivity index (χ2v) is 9.03. The van der Waals surface area contributed by atoms with E-state index < -0.39 is 10.0 Å². The molecule has 1 atom stereocenters. The molecule has 0 unspecified atom stereocenters. The zero-order valence-corrected chi connectivity index (χ0v) is 17.4. The molecule has 0 N–H and O–H groups in total. The first-order chi connectivity index (χ1) is 13.5. The first kappa shape index (κ1) is 21.0. The monoisotopic (exact) mass is 411 g/mol. The van der Waals surface area contributed by atoms with Crippen LogP contribution < -0.4 is 4.74 Å². The van der Waals surface area contributed by atoms with Crippen molar-refractivity contribution in [3.8, 4) is 5.75 Å². The smallest absolute Gasteiger partial charge is 0.243 e. The molecule has 156 valence electrons. The van der Waals surface area contributed by atoms with Crippen LogP contribution in [0.4, 0.5) is 0 Å². The Kier molecular flexibility index (Phi) is 6.92. The minimum Gasteiger partial charge on any atom is -0.497 e. The van der Waals surface area contributed by atoms with Gasteiger partial charge in [-0.25, -0.2) is 8.42 Å². The van der Waals surface area contributed by atoms with E-state index in [1.165, 1.54) is 11.4 Å². The van der Waals surface area contributed by atoms with Crippen LogP contribution in [0.3, 0.4) is 0 Å². The lowest BCUT2D eigenvalue weighted by Crippen LogP contribution is -2.44. The van der Waals surface area contributed by atoms with Gasteiger partial charge in [0.15, 0.2) is 0 Å². The van der Waals surface area contributed by atoms with E-state index in [2.05, 4.69) is 4.90 Å². The predicted octanol–water partition coefficient (Wildman–Crippen LogP) is 0.639. The maximum Gasteiger partial charge on any atom is 0.243 e. The molecule has 2 heterocycles. The van der Waals surface area contributed by atoms with E-state index in [9.17, 15) is 13.2 Å². The van der Waals surface area contributed by atoms with E-state index in [1.54, 1.807) is 31.4 Å². The average Bonchev–Trinajstić information content (AvgIpc) is 2.91. The molecule has 9 heteroatoms. The second-order valence-electron chi connectivity index (χ2n) is 7.10. The fourth-order valence-electron chi connectivity index (χ4n) is 3.86. The summed E-state index contributed by atoms with van der Waals surface area (Å²) in [5.41, 5.74) is 0. The first-order valence-electron chi connectivity index (χ1n) is 9.63. The van der Waals surface area contributed by atoms with Crippen LogP contribution in [0.15, 0.2) is 29.2 Å². The maximum atomic E-state index is 13.0. The average molecular weight is 412 g/mol. The van der Waals surface area contributed by atoms with Crippen LogP contribution in [0, 0.1) is 0 Å². The van der Waals surface area contributed by atoms with Gasteiger partial charge in [0.05, 0.1) is 24.7 Å². The van der Waals surface area contributed by atoms with Gasteiger partial charge in [0.25, 0.3) is 0 Å². The lowest BCUT2D eigenvalue weighted by Gasteiger charge is -2.26. The van der Waals surface area contributed by atoms with Gasteiger partial charge in [0.2, 0.25) is 15.9 Å². The number of amides is 1. The fraction of sp³-hybridized carbons (Fsp3) is 0.632. The van der Waals surface area contributed by atoms with Gasteiger partial charge in [-0.3, -0.25) is 9.69 Å². The molecule has 3 rings (SSSR count). The van der Waals surface area contributed by atoms with Gasteiger partial charge in [-0.1, -0.05) is 6.07 Å². The van der Waals surface area contributed by atoms with Crippen molar-refractivity contribution >= 4 is 15.9 Å². The van der Waals surface area contributed by atoms with Crippen molar-refractivity contribution < 1.29 is 22.7 Å². The van der Waals surface area contributed by atoms with E-state index >= 15 is 0 Å². The molecule has 0 aliphatic carbocycles. The maximum absolute atomic E-state index is 13.0. The SMILES string of the molecule is COCCN1CC[C@H](N2CCCN(S(=O)(=O)c3cccc(OC)c3)CC2)C1=O. The van der Waals surface area contributed by atoms with Crippen molar-refractivity contribution in [1.29, 1.82) is 0 Å². The van der Waals surface area contributed by atoms with Crippen LogP contribution >= 0.6 is 0 Å². The van der Waals surface area contributed by atoms with Crippen molar-refractivity contribution in [2.24, 2.45) is 0 Å². The summed E-state index contributed by atoms with van der Waals surface area (Å²) in [5, 5.41) is 0. The van der Waals surface area contributed by atoms with Gasteiger partial charge >= 0.3 is 0 Å². The number of rotatable bonds is 7. The van der Waals surface area contributed by atoms with E-state index in [0.717, 1.165) is 19.5 Å². The highest BCUT2D eigenvalue weighted by atomic mass is 32.2. The second kappa shape index (κ2) is 9.21. The number of hydrogen-bond donors (Lipinski definition) is 0. The molecule has 1 amide bonds. The minimum absolute atomic E-state index is 0.126. The Bertz CT molecular complexity index is 786. The summed E-state index contributed by atoms with van der Waals surface area (Å²) in [6.45, 7) is 3.97. The number of likely N-dealkylation sites (tertiary alicyclic amines) is 1. The molecule has 2 fully saturated rings. The van der Waals surface area contributed by atoms with Crippen LogP contribution in [0.5, 0.6) is 5.75 Å². The van der Waals surface area contributed by atoms with E-state index in [4.69, 9.17) is 9.47 Å². The molecular formula is C19H29N3O5S. The molecule has 0 aromatic heterocycles. The van der Waals surface area contributed by atoms with Crippen molar-refractivity contribution in [2.45, 2.75) is 23.8 Å². The van der Waals surface area contributed by atoms with Gasteiger partial charge in [-0.05, 0) is 25.0 Å². The summed E-state index contributed by atoms with van der Waals surface area (Å²) in [7, 11) is -0.439. The Hall–Kier alpha value is -1.68. The molecule has 8 nitrogen and oxygen atoms in total. The first-order valence-corrected chi connectivity index (χ1v) is 11.1. The van der Waals surface area contributed by atoms with Gasteiger partial charge in [0.1, 0.15) is 5.75 Å². The Morgan fingerprint density at radius 3 is 2.68 bits per heavy atom. The summed E-state index contributed by atoms with van der Waals surface area (Å²) >= 11 is 0. The van der Waals surface area contributed by atoms with Crippen LogP contribution in [0.1, 0.15) is 12.8 Å². The summed E-state index contributed by atoms with van der Waals surface area (Å²) in [4.78, 5) is 16.9. The third-order valence-electron chi connectivity index (χ3n) is 5.44. The highest BCUT2D eigenvalue weighted by Gasteiger charge is 2.37. The zero-order valence-electron chi connectivity index (χ0n) is 16.5. The molecule has 0 bridgehead atoms. The Labute approximate surface area is 167 Å². The van der Waals surface area contributed by atoms with Crippen molar-refractivity contribution in [3.63, 3.8) is 0 Å². The molecule has 0 saturated carbocycles. The van der Waals surface area contributed by atoms with Crippen molar-refractivity contribution in [2.75, 3.05) is 60.1 Å². The molecule has 2 aliphatic heterocycles. The van der Waals surface area contributed by atoms with Crippen LogP contribution in [0.2, 0.25) is 0 Å². The topological polar surface area (TPSA) is 79.4 Å². The summed E-state index contributed by atoms with van der Waals surface area (Å²) in [6, 6.07) is 6.39. The lowest BCUT2D eigenvalue weighted by atomic mass is 10.2. The summed E-state index contributed by atoms with van der Waals surface area (Å²) in [6.07, 6.45) is 1.48. The van der Waals surface area contributed by atoms with Crippen molar-refractivity contribution in [1.82, 2.24) is 14.1 Å². The highest BCUT2D eigenvalue weighted by molar-refractivity contribution is 7.89. The molecule has 0 spiro atoms. The number of sulfonamides is 1. The summed E-state index contributed by atoms with van der Waals surface area (Å²) < 4.78 is 37.8. The Balaban J connectivity index is 1.65. The number of methoxy groups -OCH3 is 2. The largest absolute Gasteiger partial charge is 0.497 e. The number of carbonyl (C=O) groups excluding carboxylic acids is 1.